The molecule has 0 saturated heterocycles. The van der Waals surface area contributed by atoms with Crippen molar-refractivity contribution < 1.29 is 4.79 Å². The second kappa shape index (κ2) is 6.54. The fraction of sp³-hybridized carbons (Fsp3) is 0.182. The molecular formula is C22H20N2OS. The molecule has 1 aromatic heterocycles. The van der Waals surface area contributed by atoms with Gasteiger partial charge in [0.2, 0.25) is 0 Å². The standard InChI is InChI=1S/C22H20N2OS/c1-14-8-9-16(12-15(14)2)13-20(25)23-22-24(3)21-18-7-5-4-6-17(18)10-11-19(21)26-22/h4-12H,13H2,1-3H3. The number of amides is 1. The highest BCUT2D eigenvalue weighted by Gasteiger charge is 2.09. The van der Waals surface area contributed by atoms with Gasteiger partial charge in [0.15, 0.2) is 4.80 Å². The number of carbonyl (C=O) groups excluding carboxylic acids is 1. The zero-order chi connectivity index (χ0) is 18.3. The van der Waals surface area contributed by atoms with Crippen molar-refractivity contribution in [1.29, 1.82) is 0 Å². The minimum absolute atomic E-state index is 0.111. The van der Waals surface area contributed by atoms with Crippen molar-refractivity contribution in [2.24, 2.45) is 12.0 Å². The lowest BCUT2D eigenvalue weighted by Gasteiger charge is -2.03. The van der Waals surface area contributed by atoms with Gasteiger partial charge in [0.1, 0.15) is 0 Å². The Labute approximate surface area is 156 Å². The van der Waals surface area contributed by atoms with E-state index in [0.717, 1.165) is 20.6 Å². The molecule has 4 heteroatoms. The van der Waals surface area contributed by atoms with E-state index < -0.39 is 0 Å². The van der Waals surface area contributed by atoms with Crippen molar-refractivity contribution >= 4 is 38.2 Å². The van der Waals surface area contributed by atoms with E-state index in [9.17, 15) is 4.79 Å². The van der Waals surface area contributed by atoms with E-state index in [4.69, 9.17) is 0 Å². The predicted molar refractivity (Wildman–Crippen MR) is 108 cm³/mol. The molecule has 4 aromatic rings. The molecule has 0 spiro atoms. The largest absolute Gasteiger partial charge is 0.319 e. The first-order valence-electron chi connectivity index (χ1n) is 8.64. The average molecular weight is 360 g/mol. The van der Waals surface area contributed by atoms with Gasteiger partial charge in [0.05, 0.1) is 16.6 Å². The highest BCUT2D eigenvalue weighted by molar-refractivity contribution is 7.16. The second-order valence-corrected chi connectivity index (χ2v) is 7.69. The number of carbonyl (C=O) groups is 1. The first-order valence-corrected chi connectivity index (χ1v) is 9.45. The Morgan fingerprint density at radius 3 is 2.65 bits per heavy atom. The van der Waals surface area contributed by atoms with Crippen LogP contribution in [0, 0.1) is 13.8 Å². The molecule has 130 valence electrons. The lowest BCUT2D eigenvalue weighted by molar-refractivity contribution is -0.117. The number of thiazole rings is 1. The highest BCUT2D eigenvalue weighted by Crippen LogP contribution is 2.26. The highest BCUT2D eigenvalue weighted by atomic mass is 32.1. The van der Waals surface area contributed by atoms with Gasteiger partial charge in [-0.2, -0.15) is 4.99 Å². The molecule has 3 nitrogen and oxygen atoms in total. The van der Waals surface area contributed by atoms with E-state index in [1.807, 2.05) is 29.8 Å². The second-order valence-electron chi connectivity index (χ2n) is 6.68. The predicted octanol–water partition coefficient (Wildman–Crippen LogP) is 4.68. The molecule has 0 unspecified atom stereocenters. The number of fused-ring (bicyclic) bond motifs is 3. The molecule has 26 heavy (non-hydrogen) atoms. The molecule has 0 fully saturated rings. The molecule has 0 N–H and O–H groups in total. The van der Waals surface area contributed by atoms with Gasteiger partial charge < -0.3 is 4.57 Å². The minimum atomic E-state index is -0.111. The summed E-state index contributed by atoms with van der Waals surface area (Å²) in [6, 6.07) is 18.7. The summed E-state index contributed by atoms with van der Waals surface area (Å²) in [4.78, 5) is 17.6. The third-order valence-electron chi connectivity index (χ3n) is 4.83. The van der Waals surface area contributed by atoms with Crippen molar-refractivity contribution in [3.05, 3.63) is 76.1 Å². The molecule has 0 aliphatic rings. The van der Waals surface area contributed by atoms with Crippen LogP contribution >= 0.6 is 11.3 Å². The van der Waals surface area contributed by atoms with Crippen LogP contribution in [0.4, 0.5) is 0 Å². The molecule has 0 aliphatic heterocycles. The van der Waals surface area contributed by atoms with Gasteiger partial charge in [-0.15, -0.1) is 0 Å². The number of hydrogen-bond acceptors (Lipinski definition) is 2. The van der Waals surface area contributed by atoms with Gasteiger partial charge >= 0.3 is 0 Å². The summed E-state index contributed by atoms with van der Waals surface area (Å²) in [6.07, 6.45) is 0.329. The van der Waals surface area contributed by atoms with Crippen molar-refractivity contribution in [2.45, 2.75) is 20.3 Å². The van der Waals surface area contributed by atoms with E-state index in [1.54, 1.807) is 11.3 Å². The molecule has 1 heterocycles. The Bertz CT molecular complexity index is 1210. The average Bonchev–Trinajstić information content (AvgIpc) is 2.94. The number of aromatic nitrogens is 1. The summed E-state index contributed by atoms with van der Waals surface area (Å²) in [6.45, 7) is 4.14. The molecule has 0 bridgehead atoms. The first kappa shape index (κ1) is 16.7. The molecular weight excluding hydrogens is 340 g/mol. The lowest BCUT2D eigenvalue weighted by atomic mass is 10.0. The summed E-state index contributed by atoms with van der Waals surface area (Å²) in [5.41, 5.74) is 4.58. The van der Waals surface area contributed by atoms with Gasteiger partial charge in [-0.05, 0) is 42.0 Å². The number of benzene rings is 3. The van der Waals surface area contributed by atoms with E-state index in [1.165, 1.54) is 21.9 Å². The van der Waals surface area contributed by atoms with E-state index in [2.05, 4.69) is 55.2 Å². The summed E-state index contributed by atoms with van der Waals surface area (Å²) in [5, 5.41) is 2.38. The third-order valence-corrected chi connectivity index (χ3v) is 5.93. The molecule has 0 aliphatic carbocycles. The Morgan fingerprint density at radius 1 is 1.04 bits per heavy atom. The Hall–Kier alpha value is -2.72. The Kier molecular flexibility index (Phi) is 4.21. The zero-order valence-corrected chi connectivity index (χ0v) is 15.9. The lowest BCUT2D eigenvalue weighted by Crippen LogP contribution is -2.14. The Balaban J connectivity index is 1.75. The monoisotopic (exact) mass is 360 g/mol. The van der Waals surface area contributed by atoms with Crippen LogP contribution in [0.15, 0.2) is 59.6 Å². The smallest absolute Gasteiger partial charge is 0.252 e. The minimum Gasteiger partial charge on any atom is -0.319 e. The van der Waals surface area contributed by atoms with E-state index in [0.29, 0.717) is 6.42 Å². The maximum absolute atomic E-state index is 12.5. The first-order chi connectivity index (χ1) is 12.5. The molecule has 0 atom stereocenters. The quantitative estimate of drug-likeness (QED) is 0.511. The van der Waals surface area contributed by atoms with Crippen LogP contribution in [-0.4, -0.2) is 10.5 Å². The van der Waals surface area contributed by atoms with E-state index >= 15 is 0 Å². The van der Waals surface area contributed by atoms with Crippen LogP contribution in [-0.2, 0) is 18.3 Å². The van der Waals surface area contributed by atoms with Gasteiger partial charge in [-0.25, -0.2) is 0 Å². The summed E-state index contributed by atoms with van der Waals surface area (Å²) in [5.74, 6) is -0.111. The summed E-state index contributed by atoms with van der Waals surface area (Å²) >= 11 is 1.56. The zero-order valence-electron chi connectivity index (χ0n) is 15.1. The third kappa shape index (κ3) is 2.97. The van der Waals surface area contributed by atoms with E-state index in [-0.39, 0.29) is 5.91 Å². The fourth-order valence-corrected chi connectivity index (χ4v) is 4.31. The maximum Gasteiger partial charge on any atom is 0.252 e. The number of nitrogens with zero attached hydrogens (tertiary/aromatic N) is 2. The van der Waals surface area contributed by atoms with Crippen LogP contribution in [0.3, 0.4) is 0 Å². The van der Waals surface area contributed by atoms with Crippen molar-refractivity contribution in [3.63, 3.8) is 0 Å². The molecule has 4 rings (SSSR count). The number of aryl methyl sites for hydroxylation is 3. The molecule has 3 aromatic carbocycles. The van der Waals surface area contributed by atoms with Crippen LogP contribution < -0.4 is 4.80 Å². The Morgan fingerprint density at radius 2 is 1.85 bits per heavy atom. The normalized spacial score (nSPS) is 12.2. The SMILES string of the molecule is Cc1ccc(CC(=O)N=c2sc3ccc4ccccc4c3n2C)cc1C. The number of rotatable bonds is 2. The molecule has 0 radical (unpaired) electrons. The topological polar surface area (TPSA) is 34.4 Å². The van der Waals surface area contributed by atoms with Gasteiger partial charge in [-0.1, -0.05) is 59.9 Å². The number of hydrogen-bond donors (Lipinski definition) is 0. The van der Waals surface area contributed by atoms with Crippen LogP contribution in [0.5, 0.6) is 0 Å². The van der Waals surface area contributed by atoms with Crippen molar-refractivity contribution in [1.82, 2.24) is 4.57 Å². The van der Waals surface area contributed by atoms with Crippen LogP contribution in [0.25, 0.3) is 21.0 Å². The molecule has 1 amide bonds. The van der Waals surface area contributed by atoms with Crippen molar-refractivity contribution in [3.8, 4) is 0 Å². The van der Waals surface area contributed by atoms with Gasteiger partial charge in [0, 0.05) is 12.4 Å². The fourth-order valence-electron chi connectivity index (χ4n) is 3.26. The summed E-state index contributed by atoms with van der Waals surface area (Å²) in [7, 11) is 1.98. The van der Waals surface area contributed by atoms with Crippen LogP contribution in [0.2, 0.25) is 0 Å². The van der Waals surface area contributed by atoms with Crippen molar-refractivity contribution in [2.75, 3.05) is 0 Å². The maximum atomic E-state index is 12.5. The summed E-state index contributed by atoms with van der Waals surface area (Å²) < 4.78 is 3.17. The van der Waals surface area contributed by atoms with Gasteiger partial charge in [-0.3, -0.25) is 4.79 Å². The van der Waals surface area contributed by atoms with Gasteiger partial charge in [0.25, 0.3) is 5.91 Å². The van der Waals surface area contributed by atoms with Crippen LogP contribution in [0.1, 0.15) is 16.7 Å². The molecule has 0 saturated carbocycles.